The van der Waals surface area contributed by atoms with Crippen LogP contribution in [0.4, 0.5) is 11.4 Å². The predicted octanol–water partition coefficient (Wildman–Crippen LogP) is 4.98. The topological polar surface area (TPSA) is 73.6 Å². The van der Waals surface area contributed by atoms with Gasteiger partial charge in [-0.3, -0.25) is 10.1 Å². The number of para-hydroxylation sites is 1. The molecule has 2 aromatic rings. The highest BCUT2D eigenvalue weighted by Gasteiger charge is 2.39. The molecule has 150 valence electrons. The Kier molecular flexibility index (Phi) is 4.72. The van der Waals surface area contributed by atoms with Crippen LogP contribution in [0.25, 0.3) is 0 Å². The van der Waals surface area contributed by atoms with E-state index < -0.39 is 0 Å². The molecule has 0 amide bonds. The molecular formula is C23H24N2O4. The number of nitro groups is 1. The first-order valence-electron chi connectivity index (χ1n) is 10.3. The average Bonchev–Trinajstić information content (AvgIpc) is 3.44. The summed E-state index contributed by atoms with van der Waals surface area (Å²) in [6.45, 7) is 1.35. The lowest BCUT2D eigenvalue weighted by atomic mass is 9.77. The largest absolute Gasteiger partial charge is 0.489 e. The number of non-ortho nitro benzene ring substituents is 1. The summed E-state index contributed by atoms with van der Waals surface area (Å²) in [5.41, 5.74) is 3.29. The molecule has 3 aliphatic rings. The van der Waals surface area contributed by atoms with E-state index in [4.69, 9.17) is 9.47 Å². The van der Waals surface area contributed by atoms with Crippen LogP contribution in [0.5, 0.6) is 5.75 Å². The molecule has 0 saturated carbocycles. The average molecular weight is 392 g/mol. The molecular weight excluding hydrogens is 368 g/mol. The monoisotopic (exact) mass is 392 g/mol. The van der Waals surface area contributed by atoms with Gasteiger partial charge in [0.25, 0.3) is 5.69 Å². The fourth-order valence-corrected chi connectivity index (χ4v) is 4.83. The summed E-state index contributed by atoms with van der Waals surface area (Å²) in [5, 5.41) is 14.9. The second-order valence-electron chi connectivity index (χ2n) is 7.99. The molecule has 0 aromatic heterocycles. The third-order valence-corrected chi connectivity index (χ3v) is 6.25. The lowest BCUT2D eigenvalue weighted by molar-refractivity contribution is -0.384. The summed E-state index contributed by atoms with van der Waals surface area (Å²) in [4.78, 5) is 10.9. The number of hydrogen-bond donors (Lipinski definition) is 1. The van der Waals surface area contributed by atoms with E-state index in [2.05, 4.69) is 23.5 Å². The van der Waals surface area contributed by atoms with Crippen LogP contribution in [0.15, 0.2) is 54.6 Å². The van der Waals surface area contributed by atoms with E-state index in [1.165, 1.54) is 5.56 Å². The summed E-state index contributed by atoms with van der Waals surface area (Å²) in [6.07, 6.45) is 7.70. The zero-order valence-electron chi connectivity index (χ0n) is 16.1. The third-order valence-electron chi connectivity index (χ3n) is 6.25. The number of fused-ring (bicyclic) bond motifs is 3. The van der Waals surface area contributed by atoms with Crippen LogP contribution in [0.3, 0.4) is 0 Å². The van der Waals surface area contributed by atoms with Crippen molar-refractivity contribution in [3.8, 4) is 5.75 Å². The standard InChI is InChI=1S/C23H24N2O4/c26-25(27)16-6-1-5-15(13-16)22-19-9-2-8-18(19)20-10-3-11-21(23(20)24-22)29-14-17-7-4-12-28-17/h1-3,5-6,8,10-11,13,17-19,22,24H,4,7,9,12,14H2. The van der Waals surface area contributed by atoms with Crippen molar-refractivity contribution in [2.75, 3.05) is 18.5 Å². The molecule has 0 spiro atoms. The molecule has 5 rings (SSSR count). The first kappa shape index (κ1) is 18.2. The van der Waals surface area contributed by atoms with Gasteiger partial charge in [-0.25, -0.2) is 0 Å². The molecule has 2 heterocycles. The van der Waals surface area contributed by atoms with Crippen LogP contribution in [-0.4, -0.2) is 24.2 Å². The lowest BCUT2D eigenvalue weighted by Crippen LogP contribution is -2.29. The van der Waals surface area contributed by atoms with Crippen molar-refractivity contribution in [1.82, 2.24) is 0 Å². The van der Waals surface area contributed by atoms with Crippen molar-refractivity contribution < 1.29 is 14.4 Å². The molecule has 29 heavy (non-hydrogen) atoms. The van der Waals surface area contributed by atoms with Gasteiger partial charge in [-0.15, -0.1) is 0 Å². The summed E-state index contributed by atoms with van der Waals surface area (Å²) in [6, 6.07) is 13.2. The smallest absolute Gasteiger partial charge is 0.269 e. The van der Waals surface area contributed by atoms with Gasteiger partial charge in [-0.1, -0.05) is 36.4 Å². The van der Waals surface area contributed by atoms with Gasteiger partial charge in [0.05, 0.1) is 22.8 Å². The maximum atomic E-state index is 11.3. The number of nitrogens with one attached hydrogen (secondary N) is 1. The minimum Gasteiger partial charge on any atom is -0.489 e. The van der Waals surface area contributed by atoms with Gasteiger partial charge in [0.1, 0.15) is 12.4 Å². The Balaban J connectivity index is 1.48. The van der Waals surface area contributed by atoms with E-state index in [1.807, 2.05) is 18.2 Å². The van der Waals surface area contributed by atoms with Crippen molar-refractivity contribution in [2.24, 2.45) is 5.92 Å². The molecule has 1 aliphatic carbocycles. The zero-order chi connectivity index (χ0) is 19.8. The SMILES string of the molecule is O=[N+]([O-])c1cccc(C2Nc3c(OCC4CCCO4)cccc3C3C=CCC32)c1. The summed E-state index contributed by atoms with van der Waals surface area (Å²) < 4.78 is 11.9. The third kappa shape index (κ3) is 3.38. The van der Waals surface area contributed by atoms with Crippen LogP contribution in [-0.2, 0) is 4.74 Å². The Hall–Kier alpha value is -2.86. The minimum atomic E-state index is -0.333. The Morgan fingerprint density at radius 3 is 2.97 bits per heavy atom. The van der Waals surface area contributed by atoms with Crippen molar-refractivity contribution in [3.63, 3.8) is 0 Å². The quantitative estimate of drug-likeness (QED) is 0.441. The van der Waals surface area contributed by atoms with E-state index >= 15 is 0 Å². The van der Waals surface area contributed by atoms with E-state index in [0.29, 0.717) is 12.5 Å². The fourth-order valence-electron chi connectivity index (χ4n) is 4.83. The number of rotatable bonds is 5. The van der Waals surface area contributed by atoms with Gasteiger partial charge < -0.3 is 14.8 Å². The van der Waals surface area contributed by atoms with Crippen LogP contribution in [0.2, 0.25) is 0 Å². The number of nitrogens with zero attached hydrogens (tertiary/aromatic N) is 1. The van der Waals surface area contributed by atoms with Gasteiger partial charge in [-0.2, -0.15) is 0 Å². The normalized spacial score (nSPS) is 27.2. The minimum absolute atomic E-state index is 0.00474. The van der Waals surface area contributed by atoms with Crippen molar-refractivity contribution in [3.05, 3.63) is 75.9 Å². The van der Waals surface area contributed by atoms with Gasteiger partial charge in [0, 0.05) is 24.7 Å². The molecule has 4 atom stereocenters. The molecule has 1 saturated heterocycles. The first-order valence-corrected chi connectivity index (χ1v) is 10.3. The zero-order valence-corrected chi connectivity index (χ0v) is 16.1. The van der Waals surface area contributed by atoms with E-state index in [1.54, 1.807) is 18.2 Å². The highest BCUT2D eigenvalue weighted by molar-refractivity contribution is 5.67. The van der Waals surface area contributed by atoms with Crippen molar-refractivity contribution in [1.29, 1.82) is 0 Å². The fraction of sp³-hybridized carbons (Fsp3) is 0.391. The summed E-state index contributed by atoms with van der Waals surface area (Å²) in [7, 11) is 0. The molecule has 6 heteroatoms. The molecule has 0 radical (unpaired) electrons. The Morgan fingerprint density at radius 1 is 1.24 bits per heavy atom. The highest BCUT2D eigenvalue weighted by atomic mass is 16.6. The molecule has 2 aliphatic heterocycles. The molecule has 0 bridgehead atoms. The van der Waals surface area contributed by atoms with Crippen LogP contribution in [0.1, 0.15) is 42.3 Å². The lowest BCUT2D eigenvalue weighted by Gasteiger charge is -2.38. The number of ether oxygens (including phenoxy) is 2. The van der Waals surface area contributed by atoms with E-state index in [-0.39, 0.29) is 28.7 Å². The van der Waals surface area contributed by atoms with Gasteiger partial charge in [0.2, 0.25) is 0 Å². The van der Waals surface area contributed by atoms with Crippen molar-refractivity contribution in [2.45, 2.75) is 37.3 Å². The number of hydrogen-bond acceptors (Lipinski definition) is 5. The highest BCUT2D eigenvalue weighted by Crippen LogP contribution is 2.52. The predicted molar refractivity (Wildman–Crippen MR) is 110 cm³/mol. The molecule has 1 N–H and O–H groups in total. The van der Waals surface area contributed by atoms with Crippen LogP contribution >= 0.6 is 0 Å². The number of nitro benzene ring substituents is 1. The van der Waals surface area contributed by atoms with Gasteiger partial charge >= 0.3 is 0 Å². The van der Waals surface area contributed by atoms with Gasteiger partial charge in [-0.05, 0) is 42.4 Å². The Labute approximate surface area is 169 Å². The van der Waals surface area contributed by atoms with E-state index in [0.717, 1.165) is 42.9 Å². The number of benzene rings is 2. The van der Waals surface area contributed by atoms with Crippen LogP contribution in [0, 0.1) is 16.0 Å². The van der Waals surface area contributed by atoms with Crippen LogP contribution < -0.4 is 10.1 Å². The van der Waals surface area contributed by atoms with Crippen molar-refractivity contribution >= 4 is 11.4 Å². The molecule has 2 aromatic carbocycles. The molecule has 4 unspecified atom stereocenters. The second kappa shape index (κ2) is 7.52. The number of allylic oxidation sites excluding steroid dienone is 2. The molecule has 6 nitrogen and oxygen atoms in total. The summed E-state index contributed by atoms with van der Waals surface area (Å²) in [5.74, 6) is 1.44. The maximum Gasteiger partial charge on any atom is 0.269 e. The van der Waals surface area contributed by atoms with E-state index in [9.17, 15) is 10.1 Å². The maximum absolute atomic E-state index is 11.3. The second-order valence-corrected chi connectivity index (χ2v) is 7.99. The molecule has 1 fully saturated rings. The van der Waals surface area contributed by atoms with Gasteiger partial charge in [0.15, 0.2) is 0 Å². The number of anilines is 1. The Bertz CT molecular complexity index is 952. The summed E-state index contributed by atoms with van der Waals surface area (Å²) >= 11 is 0. The Morgan fingerprint density at radius 2 is 2.14 bits per heavy atom. The first-order chi connectivity index (χ1) is 14.2.